The van der Waals surface area contributed by atoms with Gasteiger partial charge in [0.25, 0.3) is 0 Å². The molecule has 0 aliphatic carbocycles. The lowest BCUT2D eigenvalue weighted by Crippen LogP contribution is -2.46. The lowest BCUT2D eigenvalue weighted by Gasteiger charge is -2.22. The summed E-state index contributed by atoms with van der Waals surface area (Å²) in [5.41, 5.74) is 0. The minimum atomic E-state index is -1.79. The molecule has 0 saturated carbocycles. The predicted octanol–water partition coefficient (Wildman–Crippen LogP) is 1.39. The molecule has 0 amide bonds. The molecule has 0 rings (SSSR count). The largest absolute Gasteiger partial charge is 0.481 e. The molecule has 168 valence electrons. The number of carboxylic acid groups (broad SMARTS) is 1. The van der Waals surface area contributed by atoms with E-state index in [1.165, 1.54) is 57.8 Å². The molecule has 0 heterocycles. The van der Waals surface area contributed by atoms with Gasteiger partial charge in [0.05, 0.1) is 6.61 Å². The van der Waals surface area contributed by atoms with Crippen molar-refractivity contribution >= 4 is 12.3 Å². The van der Waals surface area contributed by atoms with Gasteiger partial charge in [-0.2, -0.15) is 0 Å². The fourth-order valence-corrected chi connectivity index (χ4v) is 2.56. The molecule has 4 unspecified atom stereocenters. The maximum absolute atomic E-state index is 10.3. The van der Waals surface area contributed by atoms with Crippen molar-refractivity contribution in [3.63, 3.8) is 0 Å². The molecule has 8 nitrogen and oxygen atoms in total. The van der Waals surface area contributed by atoms with E-state index in [4.69, 9.17) is 30.6 Å². The van der Waals surface area contributed by atoms with Crippen LogP contribution in [0, 0.1) is 0 Å². The zero-order valence-corrected chi connectivity index (χ0v) is 17.1. The lowest BCUT2D eigenvalue weighted by molar-refractivity contribution is -0.137. The van der Waals surface area contributed by atoms with Crippen LogP contribution in [-0.2, 0) is 9.59 Å². The Hall–Kier alpha value is -1.06. The van der Waals surface area contributed by atoms with E-state index >= 15 is 0 Å². The quantitative estimate of drug-likeness (QED) is 0.156. The number of aliphatic hydroxyl groups excluding tert-OH is 5. The third kappa shape index (κ3) is 18.3. The first-order valence-corrected chi connectivity index (χ1v) is 10.3. The molecule has 0 saturated heterocycles. The normalized spacial score (nSPS) is 15.1. The molecule has 0 bridgehead atoms. The summed E-state index contributed by atoms with van der Waals surface area (Å²) in [6.07, 6.45) is 7.52. The number of hydrogen-bond donors (Lipinski definition) is 6. The van der Waals surface area contributed by atoms with E-state index in [0.29, 0.717) is 6.42 Å². The Morgan fingerprint density at radius 2 is 1.21 bits per heavy atom. The number of carboxylic acids is 1. The average molecular weight is 409 g/mol. The van der Waals surface area contributed by atoms with Crippen LogP contribution in [0.15, 0.2) is 0 Å². The van der Waals surface area contributed by atoms with Crippen LogP contribution >= 0.6 is 0 Å². The topological polar surface area (TPSA) is 156 Å². The highest BCUT2D eigenvalue weighted by atomic mass is 16.4. The molecule has 0 spiro atoms. The Kier molecular flexibility index (Phi) is 21.5. The fourth-order valence-electron chi connectivity index (χ4n) is 2.56. The molecule has 6 N–H and O–H groups in total. The van der Waals surface area contributed by atoms with Crippen LogP contribution < -0.4 is 0 Å². The second-order valence-electron chi connectivity index (χ2n) is 7.04. The third-order valence-corrected chi connectivity index (χ3v) is 4.41. The summed E-state index contributed by atoms with van der Waals surface area (Å²) in [6, 6.07) is 0. The Bertz CT molecular complexity index is 364. The van der Waals surface area contributed by atoms with Crippen LogP contribution in [0.4, 0.5) is 0 Å². The Morgan fingerprint density at radius 3 is 1.57 bits per heavy atom. The number of carbonyl (C=O) groups is 2. The van der Waals surface area contributed by atoms with Crippen molar-refractivity contribution in [2.75, 3.05) is 6.61 Å². The summed E-state index contributed by atoms with van der Waals surface area (Å²) in [5.74, 6) is -0.657. The van der Waals surface area contributed by atoms with E-state index in [0.717, 1.165) is 12.8 Å². The zero-order chi connectivity index (χ0) is 21.8. The molecule has 0 aliphatic rings. The number of aliphatic hydroxyl groups is 5. The molecular weight excluding hydrogens is 368 g/mol. The van der Waals surface area contributed by atoms with Gasteiger partial charge in [-0.15, -0.1) is 0 Å². The number of rotatable bonds is 17. The van der Waals surface area contributed by atoms with Crippen LogP contribution in [0.2, 0.25) is 0 Å². The Morgan fingerprint density at radius 1 is 0.786 bits per heavy atom. The summed E-state index contributed by atoms with van der Waals surface area (Å²) >= 11 is 0. The fraction of sp³-hybridized carbons (Fsp3) is 0.900. The van der Waals surface area contributed by atoms with Crippen LogP contribution in [0.3, 0.4) is 0 Å². The van der Waals surface area contributed by atoms with Crippen LogP contribution in [-0.4, -0.2) is 73.9 Å². The monoisotopic (exact) mass is 408 g/mol. The van der Waals surface area contributed by atoms with Crippen molar-refractivity contribution in [3.8, 4) is 0 Å². The van der Waals surface area contributed by atoms with Crippen molar-refractivity contribution in [2.45, 2.75) is 108 Å². The number of unbranched alkanes of at least 4 members (excludes halogenated alkanes) is 10. The van der Waals surface area contributed by atoms with Crippen LogP contribution in [0.1, 0.15) is 84.0 Å². The van der Waals surface area contributed by atoms with E-state index in [1.54, 1.807) is 0 Å². The first kappa shape index (κ1) is 29.1. The maximum Gasteiger partial charge on any atom is 0.303 e. The number of aldehydes is 1. The molecule has 4 atom stereocenters. The average Bonchev–Trinajstić information content (AvgIpc) is 2.69. The highest BCUT2D eigenvalue weighted by Gasteiger charge is 2.29. The molecule has 0 aromatic carbocycles. The second kappa shape index (κ2) is 20.7. The second-order valence-corrected chi connectivity index (χ2v) is 7.04. The first-order chi connectivity index (χ1) is 13.3. The summed E-state index contributed by atoms with van der Waals surface area (Å²) in [5, 5.41) is 52.0. The van der Waals surface area contributed by atoms with Gasteiger partial charge in [0, 0.05) is 6.42 Å². The maximum atomic E-state index is 10.3. The number of carbonyl (C=O) groups excluding carboxylic acids is 1. The van der Waals surface area contributed by atoms with Gasteiger partial charge in [-0.05, 0) is 6.42 Å². The number of aliphatic carboxylic acids is 1. The summed E-state index contributed by atoms with van der Waals surface area (Å²) in [4.78, 5) is 20.2. The van der Waals surface area contributed by atoms with E-state index in [1.807, 2.05) is 0 Å². The molecule has 0 radical (unpaired) electrons. The van der Waals surface area contributed by atoms with Crippen molar-refractivity contribution in [1.82, 2.24) is 0 Å². The molecule has 0 aromatic rings. The standard InChI is InChI=1S/C14H28O2.C6H12O6/c1-2-3-4-5-6-7-8-9-10-11-12-13-14(15)16;7-1-3(9)5(11)6(12)4(10)2-8/h2-13H2,1H3,(H,15,16);1,3-6,8-12H,2H2. The molecule has 28 heavy (non-hydrogen) atoms. The van der Waals surface area contributed by atoms with Crippen molar-refractivity contribution < 1.29 is 40.2 Å². The van der Waals surface area contributed by atoms with E-state index < -0.39 is 37.0 Å². The van der Waals surface area contributed by atoms with Gasteiger partial charge in [-0.1, -0.05) is 71.1 Å². The van der Waals surface area contributed by atoms with Gasteiger partial charge in [-0.3, -0.25) is 4.79 Å². The third-order valence-electron chi connectivity index (χ3n) is 4.41. The van der Waals surface area contributed by atoms with E-state index in [9.17, 15) is 9.59 Å². The van der Waals surface area contributed by atoms with Crippen LogP contribution in [0.25, 0.3) is 0 Å². The lowest BCUT2D eigenvalue weighted by atomic mass is 10.0. The molecule has 0 aliphatic heterocycles. The zero-order valence-electron chi connectivity index (χ0n) is 17.1. The Balaban J connectivity index is 0. The van der Waals surface area contributed by atoms with E-state index in [-0.39, 0.29) is 6.29 Å². The molecule has 0 fully saturated rings. The van der Waals surface area contributed by atoms with Crippen molar-refractivity contribution in [3.05, 3.63) is 0 Å². The molecule has 8 heteroatoms. The SMILES string of the molecule is CCCCCCCCCCCCCC(=O)O.O=CC(O)C(O)C(O)C(O)CO. The van der Waals surface area contributed by atoms with Gasteiger partial charge >= 0.3 is 5.97 Å². The van der Waals surface area contributed by atoms with Gasteiger partial charge < -0.3 is 35.4 Å². The van der Waals surface area contributed by atoms with Gasteiger partial charge in [0.15, 0.2) is 6.29 Å². The van der Waals surface area contributed by atoms with Crippen molar-refractivity contribution in [1.29, 1.82) is 0 Å². The minimum Gasteiger partial charge on any atom is -0.481 e. The van der Waals surface area contributed by atoms with E-state index in [2.05, 4.69) is 6.92 Å². The minimum absolute atomic E-state index is 0.0258. The number of hydrogen-bond acceptors (Lipinski definition) is 7. The van der Waals surface area contributed by atoms with Gasteiger partial charge in [0.2, 0.25) is 0 Å². The highest BCUT2D eigenvalue weighted by molar-refractivity contribution is 5.66. The van der Waals surface area contributed by atoms with Gasteiger partial charge in [0.1, 0.15) is 24.4 Å². The summed E-state index contributed by atoms with van der Waals surface area (Å²) in [6.45, 7) is 1.49. The highest BCUT2D eigenvalue weighted by Crippen LogP contribution is 2.11. The summed E-state index contributed by atoms with van der Waals surface area (Å²) in [7, 11) is 0. The van der Waals surface area contributed by atoms with Crippen molar-refractivity contribution in [2.24, 2.45) is 0 Å². The first-order valence-electron chi connectivity index (χ1n) is 10.3. The molecule has 0 aromatic heterocycles. The molecular formula is C20H40O8. The predicted molar refractivity (Wildman–Crippen MR) is 106 cm³/mol. The Labute approximate surface area is 168 Å². The summed E-state index contributed by atoms with van der Waals surface area (Å²) < 4.78 is 0. The van der Waals surface area contributed by atoms with Gasteiger partial charge in [-0.25, -0.2) is 0 Å². The smallest absolute Gasteiger partial charge is 0.303 e. The van der Waals surface area contributed by atoms with Crippen LogP contribution in [0.5, 0.6) is 0 Å².